The monoisotopic (exact) mass is 211 g/mol. The molecule has 0 saturated carbocycles. The SMILES string of the molecule is CC1=C(C)C(CCCO)(N(C)C)CC1=O. The van der Waals surface area contributed by atoms with Gasteiger partial charge in [-0.25, -0.2) is 0 Å². The van der Waals surface area contributed by atoms with E-state index in [4.69, 9.17) is 5.11 Å². The van der Waals surface area contributed by atoms with E-state index in [1.54, 1.807) is 0 Å². The lowest BCUT2D eigenvalue weighted by molar-refractivity contribution is -0.116. The van der Waals surface area contributed by atoms with Gasteiger partial charge < -0.3 is 5.11 Å². The van der Waals surface area contributed by atoms with E-state index in [9.17, 15) is 4.79 Å². The molecule has 0 heterocycles. The van der Waals surface area contributed by atoms with Gasteiger partial charge in [-0.3, -0.25) is 9.69 Å². The maximum absolute atomic E-state index is 11.7. The van der Waals surface area contributed by atoms with E-state index in [2.05, 4.69) is 4.90 Å². The molecule has 15 heavy (non-hydrogen) atoms. The van der Waals surface area contributed by atoms with Gasteiger partial charge in [0.15, 0.2) is 5.78 Å². The average Bonchev–Trinajstić information content (AvgIpc) is 2.41. The Labute approximate surface area is 91.8 Å². The maximum atomic E-state index is 11.7. The molecule has 1 atom stereocenters. The molecular weight excluding hydrogens is 190 g/mol. The molecule has 0 aromatic rings. The lowest BCUT2D eigenvalue weighted by Gasteiger charge is -2.37. The van der Waals surface area contributed by atoms with E-state index >= 15 is 0 Å². The van der Waals surface area contributed by atoms with Gasteiger partial charge in [-0.05, 0) is 51.9 Å². The number of carbonyl (C=O) groups excluding carboxylic acids is 1. The summed E-state index contributed by atoms with van der Waals surface area (Å²) in [6.45, 7) is 4.13. The number of hydrogen-bond acceptors (Lipinski definition) is 3. The number of likely N-dealkylation sites (N-methyl/N-ethyl adjacent to an activating group) is 1. The van der Waals surface area contributed by atoms with E-state index in [-0.39, 0.29) is 17.9 Å². The summed E-state index contributed by atoms with van der Waals surface area (Å²) in [4.78, 5) is 13.8. The molecular formula is C12H21NO2. The van der Waals surface area contributed by atoms with Gasteiger partial charge in [-0.1, -0.05) is 0 Å². The minimum absolute atomic E-state index is 0.149. The number of nitrogens with zero attached hydrogens (tertiary/aromatic N) is 1. The van der Waals surface area contributed by atoms with Crippen LogP contribution in [0.3, 0.4) is 0 Å². The van der Waals surface area contributed by atoms with Crippen molar-refractivity contribution in [1.29, 1.82) is 0 Å². The molecule has 1 rings (SSSR count). The molecule has 0 bridgehead atoms. The second-order valence-electron chi connectivity index (χ2n) is 4.60. The van der Waals surface area contributed by atoms with Crippen LogP contribution in [-0.4, -0.2) is 42.0 Å². The van der Waals surface area contributed by atoms with Crippen LogP contribution in [-0.2, 0) is 4.79 Å². The van der Waals surface area contributed by atoms with Crippen LogP contribution in [0.15, 0.2) is 11.1 Å². The Morgan fingerprint density at radius 3 is 2.33 bits per heavy atom. The van der Waals surface area contributed by atoms with Crippen molar-refractivity contribution >= 4 is 5.78 Å². The highest BCUT2D eigenvalue weighted by Crippen LogP contribution is 2.39. The summed E-state index contributed by atoms with van der Waals surface area (Å²) >= 11 is 0. The van der Waals surface area contributed by atoms with E-state index in [0.717, 1.165) is 18.4 Å². The number of rotatable bonds is 4. The van der Waals surface area contributed by atoms with Gasteiger partial charge in [0.2, 0.25) is 0 Å². The first kappa shape index (κ1) is 12.4. The van der Waals surface area contributed by atoms with Crippen LogP contribution in [0, 0.1) is 0 Å². The number of allylic oxidation sites excluding steroid dienone is 1. The minimum atomic E-state index is -0.149. The largest absolute Gasteiger partial charge is 0.396 e. The Morgan fingerprint density at radius 1 is 1.40 bits per heavy atom. The fourth-order valence-corrected chi connectivity index (χ4v) is 2.45. The summed E-state index contributed by atoms with van der Waals surface area (Å²) in [6, 6.07) is 0. The van der Waals surface area contributed by atoms with Crippen LogP contribution in [0.2, 0.25) is 0 Å². The molecule has 1 unspecified atom stereocenters. The number of ketones is 1. The molecule has 0 spiro atoms. The zero-order valence-electron chi connectivity index (χ0n) is 10.1. The molecule has 1 aliphatic rings. The topological polar surface area (TPSA) is 40.5 Å². The average molecular weight is 211 g/mol. The molecule has 0 radical (unpaired) electrons. The van der Waals surface area contributed by atoms with Gasteiger partial charge in [-0.15, -0.1) is 0 Å². The van der Waals surface area contributed by atoms with Crippen LogP contribution >= 0.6 is 0 Å². The Kier molecular flexibility index (Phi) is 3.68. The van der Waals surface area contributed by atoms with E-state index in [0.29, 0.717) is 6.42 Å². The summed E-state index contributed by atoms with van der Waals surface area (Å²) in [6.07, 6.45) is 2.17. The molecule has 86 valence electrons. The lowest BCUT2D eigenvalue weighted by atomic mass is 9.85. The number of carbonyl (C=O) groups is 1. The summed E-state index contributed by atoms with van der Waals surface area (Å²) in [5.41, 5.74) is 1.93. The highest BCUT2D eigenvalue weighted by molar-refractivity contribution is 6.00. The number of Topliss-reactive ketones (excluding diaryl/α,β-unsaturated/α-hetero) is 1. The van der Waals surface area contributed by atoms with Crippen LogP contribution in [0.5, 0.6) is 0 Å². The minimum Gasteiger partial charge on any atom is -0.396 e. The molecule has 3 heteroatoms. The second kappa shape index (κ2) is 4.45. The molecule has 0 aromatic heterocycles. The van der Waals surface area contributed by atoms with Crippen molar-refractivity contribution in [2.24, 2.45) is 0 Å². The van der Waals surface area contributed by atoms with E-state index < -0.39 is 0 Å². The van der Waals surface area contributed by atoms with Crippen molar-refractivity contribution in [3.8, 4) is 0 Å². The third kappa shape index (κ3) is 1.99. The molecule has 1 N–H and O–H groups in total. The van der Waals surface area contributed by atoms with Crippen LogP contribution in [0.25, 0.3) is 0 Å². The molecule has 1 aliphatic carbocycles. The quantitative estimate of drug-likeness (QED) is 0.763. The van der Waals surface area contributed by atoms with Gasteiger partial charge in [0.05, 0.1) is 0 Å². The van der Waals surface area contributed by atoms with Crippen molar-refractivity contribution in [1.82, 2.24) is 4.90 Å². The van der Waals surface area contributed by atoms with Crippen molar-refractivity contribution in [2.75, 3.05) is 20.7 Å². The highest BCUT2D eigenvalue weighted by Gasteiger charge is 2.42. The molecule has 3 nitrogen and oxygen atoms in total. The first-order valence-electron chi connectivity index (χ1n) is 5.45. The van der Waals surface area contributed by atoms with Gasteiger partial charge in [-0.2, -0.15) is 0 Å². The maximum Gasteiger partial charge on any atom is 0.160 e. The van der Waals surface area contributed by atoms with Crippen molar-refractivity contribution in [3.63, 3.8) is 0 Å². The van der Waals surface area contributed by atoms with Gasteiger partial charge in [0.1, 0.15) is 0 Å². The summed E-state index contributed by atoms with van der Waals surface area (Å²) < 4.78 is 0. The normalized spacial score (nSPS) is 26.9. The van der Waals surface area contributed by atoms with Crippen LogP contribution < -0.4 is 0 Å². The zero-order chi connectivity index (χ0) is 11.6. The van der Waals surface area contributed by atoms with Gasteiger partial charge >= 0.3 is 0 Å². The van der Waals surface area contributed by atoms with Crippen molar-refractivity contribution < 1.29 is 9.90 Å². The first-order chi connectivity index (χ1) is 6.95. The summed E-state index contributed by atoms with van der Waals surface area (Å²) in [5, 5.41) is 8.92. The predicted molar refractivity (Wildman–Crippen MR) is 60.7 cm³/mol. The van der Waals surface area contributed by atoms with Gasteiger partial charge in [0.25, 0.3) is 0 Å². The van der Waals surface area contributed by atoms with E-state index in [1.165, 1.54) is 5.57 Å². The molecule has 0 saturated heterocycles. The standard InChI is InChI=1S/C12H21NO2/c1-9-10(2)12(13(3)4,6-5-7-14)8-11(9)15/h14H,5-8H2,1-4H3. The van der Waals surface area contributed by atoms with E-state index in [1.807, 2.05) is 27.9 Å². The fourth-order valence-electron chi connectivity index (χ4n) is 2.45. The van der Waals surface area contributed by atoms with Gasteiger partial charge in [0, 0.05) is 18.6 Å². The van der Waals surface area contributed by atoms with Crippen LogP contribution in [0.1, 0.15) is 33.1 Å². The van der Waals surface area contributed by atoms with Crippen LogP contribution in [0.4, 0.5) is 0 Å². The van der Waals surface area contributed by atoms with Crippen molar-refractivity contribution in [3.05, 3.63) is 11.1 Å². The third-order valence-electron chi connectivity index (χ3n) is 3.74. The molecule has 0 amide bonds. The fraction of sp³-hybridized carbons (Fsp3) is 0.750. The Balaban J connectivity index is 2.99. The number of aliphatic hydroxyl groups excluding tert-OH is 1. The zero-order valence-corrected chi connectivity index (χ0v) is 10.1. The Bertz CT molecular complexity index is 294. The predicted octanol–water partition coefficient (Wildman–Crippen LogP) is 1.37. The first-order valence-corrected chi connectivity index (χ1v) is 5.45. The van der Waals surface area contributed by atoms with Crippen molar-refractivity contribution in [2.45, 2.75) is 38.6 Å². The Hall–Kier alpha value is -0.670. The third-order valence-corrected chi connectivity index (χ3v) is 3.74. The molecule has 0 aromatic carbocycles. The lowest BCUT2D eigenvalue weighted by Crippen LogP contribution is -2.44. The molecule has 0 fully saturated rings. The number of hydrogen-bond donors (Lipinski definition) is 1. The Morgan fingerprint density at radius 2 is 2.00 bits per heavy atom. The number of aliphatic hydroxyl groups is 1. The second-order valence-corrected chi connectivity index (χ2v) is 4.60. The summed E-state index contributed by atoms with van der Waals surface area (Å²) in [7, 11) is 4.01. The molecule has 0 aliphatic heterocycles. The summed E-state index contributed by atoms with van der Waals surface area (Å²) in [5.74, 6) is 0.249. The highest BCUT2D eigenvalue weighted by atomic mass is 16.3. The smallest absolute Gasteiger partial charge is 0.160 e.